The molecule has 2 N–H and O–H groups in total. The van der Waals surface area contributed by atoms with Gasteiger partial charge >= 0.3 is 0 Å². The summed E-state index contributed by atoms with van der Waals surface area (Å²) in [7, 11) is 2.01. The smallest absolute Gasteiger partial charge is 0.115 e. The molecule has 0 radical (unpaired) electrons. The molecule has 0 saturated carbocycles. The molecule has 0 saturated heterocycles. The summed E-state index contributed by atoms with van der Waals surface area (Å²) >= 11 is 0. The van der Waals surface area contributed by atoms with E-state index in [4.69, 9.17) is 5.11 Å². The van der Waals surface area contributed by atoms with Crippen LogP contribution in [0.15, 0.2) is 30.3 Å². The van der Waals surface area contributed by atoms with Crippen molar-refractivity contribution in [1.29, 1.82) is 0 Å². The van der Waals surface area contributed by atoms with Crippen molar-refractivity contribution >= 4 is 0 Å². The van der Waals surface area contributed by atoms with Gasteiger partial charge in [-0.25, -0.2) is 0 Å². The molecule has 0 aromatic heterocycles. The van der Waals surface area contributed by atoms with Crippen molar-refractivity contribution in [2.45, 2.75) is 26.7 Å². The van der Waals surface area contributed by atoms with Gasteiger partial charge in [-0.05, 0) is 38.1 Å². The number of para-hydroxylation sites is 1. The fourth-order valence-corrected chi connectivity index (χ4v) is 1.37. The van der Waals surface area contributed by atoms with Crippen LogP contribution in [0.25, 0.3) is 0 Å². The zero-order valence-electron chi connectivity index (χ0n) is 10.0. The predicted octanol–water partition coefficient (Wildman–Crippen LogP) is 3.03. The summed E-state index contributed by atoms with van der Waals surface area (Å²) < 4.78 is 0. The van der Waals surface area contributed by atoms with Crippen LogP contribution in [0, 0.1) is 5.92 Å². The molecule has 0 spiro atoms. The number of phenols is 1. The van der Waals surface area contributed by atoms with Crippen molar-refractivity contribution in [3.8, 4) is 5.75 Å². The van der Waals surface area contributed by atoms with Crippen LogP contribution >= 0.6 is 0 Å². The summed E-state index contributed by atoms with van der Waals surface area (Å²) in [5.41, 5.74) is 0. The van der Waals surface area contributed by atoms with Gasteiger partial charge in [0, 0.05) is 0 Å². The Morgan fingerprint density at radius 1 is 1.27 bits per heavy atom. The Bertz CT molecular complexity index is 217. The van der Waals surface area contributed by atoms with Gasteiger partial charge in [0.25, 0.3) is 0 Å². The standard InChI is InChI=1S/C7H17N.C6H6O/c1-4-5-7(2)6-8-3;7-6-4-2-1-3-5-6/h7-8H,4-6H2,1-3H3;1-5,7H. The monoisotopic (exact) mass is 209 g/mol. The van der Waals surface area contributed by atoms with Gasteiger partial charge in [-0.3, -0.25) is 0 Å². The van der Waals surface area contributed by atoms with E-state index in [2.05, 4.69) is 19.2 Å². The Hall–Kier alpha value is -1.02. The number of hydrogen-bond acceptors (Lipinski definition) is 2. The van der Waals surface area contributed by atoms with E-state index in [1.54, 1.807) is 24.3 Å². The molecule has 0 fully saturated rings. The summed E-state index contributed by atoms with van der Waals surface area (Å²) in [6.07, 6.45) is 2.66. The maximum atomic E-state index is 8.63. The predicted molar refractivity (Wildman–Crippen MR) is 66.1 cm³/mol. The lowest BCUT2D eigenvalue weighted by Crippen LogP contribution is -2.15. The third kappa shape index (κ3) is 9.29. The van der Waals surface area contributed by atoms with E-state index in [9.17, 15) is 0 Å². The Morgan fingerprint density at radius 3 is 2.20 bits per heavy atom. The van der Waals surface area contributed by atoms with Crippen molar-refractivity contribution in [2.24, 2.45) is 5.92 Å². The van der Waals surface area contributed by atoms with Crippen LogP contribution in [0.4, 0.5) is 0 Å². The molecule has 86 valence electrons. The average Bonchev–Trinajstić information content (AvgIpc) is 2.20. The van der Waals surface area contributed by atoms with E-state index in [-0.39, 0.29) is 0 Å². The summed E-state index contributed by atoms with van der Waals surface area (Å²) in [6.45, 7) is 5.67. The highest BCUT2D eigenvalue weighted by Crippen LogP contribution is 2.03. The average molecular weight is 209 g/mol. The number of hydrogen-bond donors (Lipinski definition) is 2. The molecule has 1 aromatic carbocycles. The Morgan fingerprint density at radius 2 is 1.87 bits per heavy atom. The minimum absolute atomic E-state index is 0.322. The highest BCUT2D eigenvalue weighted by atomic mass is 16.3. The van der Waals surface area contributed by atoms with Gasteiger partial charge in [-0.15, -0.1) is 0 Å². The summed E-state index contributed by atoms with van der Waals surface area (Å²) in [4.78, 5) is 0. The van der Waals surface area contributed by atoms with Gasteiger partial charge in [0.2, 0.25) is 0 Å². The number of benzene rings is 1. The molecule has 15 heavy (non-hydrogen) atoms. The van der Waals surface area contributed by atoms with Crippen LogP contribution in [-0.2, 0) is 0 Å². The second-order valence-electron chi connectivity index (χ2n) is 3.79. The highest BCUT2D eigenvalue weighted by molar-refractivity contribution is 5.18. The Balaban J connectivity index is 0.000000262. The largest absolute Gasteiger partial charge is 0.508 e. The lowest BCUT2D eigenvalue weighted by Gasteiger charge is -2.06. The normalized spacial score (nSPS) is 11.4. The first-order chi connectivity index (χ1) is 7.20. The molecular formula is C13H23NO. The fraction of sp³-hybridized carbons (Fsp3) is 0.538. The van der Waals surface area contributed by atoms with E-state index >= 15 is 0 Å². The number of phenolic OH excluding ortho intramolecular Hbond substituents is 1. The van der Waals surface area contributed by atoms with E-state index < -0.39 is 0 Å². The van der Waals surface area contributed by atoms with Crippen LogP contribution in [0.3, 0.4) is 0 Å². The van der Waals surface area contributed by atoms with Crippen LogP contribution in [-0.4, -0.2) is 18.7 Å². The minimum Gasteiger partial charge on any atom is -0.508 e. The molecule has 1 rings (SSSR count). The van der Waals surface area contributed by atoms with E-state index in [1.807, 2.05) is 13.1 Å². The van der Waals surface area contributed by atoms with Crippen molar-refractivity contribution in [1.82, 2.24) is 5.32 Å². The maximum Gasteiger partial charge on any atom is 0.115 e. The molecule has 1 unspecified atom stereocenters. The fourth-order valence-electron chi connectivity index (χ4n) is 1.37. The van der Waals surface area contributed by atoms with Crippen molar-refractivity contribution < 1.29 is 5.11 Å². The van der Waals surface area contributed by atoms with Crippen molar-refractivity contribution in [3.63, 3.8) is 0 Å². The molecule has 0 aliphatic carbocycles. The SMILES string of the molecule is CCCC(C)CNC.Oc1ccccc1. The summed E-state index contributed by atoms with van der Waals surface area (Å²) in [5, 5.41) is 11.8. The molecule has 0 aliphatic heterocycles. The molecular weight excluding hydrogens is 186 g/mol. The zero-order valence-corrected chi connectivity index (χ0v) is 10.0. The second kappa shape index (κ2) is 9.53. The molecule has 1 atom stereocenters. The molecule has 0 bridgehead atoms. The highest BCUT2D eigenvalue weighted by Gasteiger charge is 1.95. The quantitative estimate of drug-likeness (QED) is 0.799. The topological polar surface area (TPSA) is 32.3 Å². The van der Waals surface area contributed by atoms with Gasteiger partial charge in [-0.1, -0.05) is 38.5 Å². The Kier molecular flexibility index (Phi) is 8.88. The lowest BCUT2D eigenvalue weighted by molar-refractivity contribution is 0.475. The molecule has 0 amide bonds. The third-order valence-corrected chi connectivity index (χ3v) is 2.09. The van der Waals surface area contributed by atoms with Crippen LogP contribution in [0.5, 0.6) is 5.75 Å². The van der Waals surface area contributed by atoms with Crippen molar-refractivity contribution in [3.05, 3.63) is 30.3 Å². The van der Waals surface area contributed by atoms with Gasteiger partial charge in [0.15, 0.2) is 0 Å². The number of rotatable bonds is 4. The van der Waals surface area contributed by atoms with E-state index in [0.29, 0.717) is 5.75 Å². The van der Waals surface area contributed by atoms with Gasteiger partial charge in [-0.2, -0.15) is 0 Å². The van der Waals surface area contributed by atoms with Gasteiger partial charge in [0.05, 0.1) is 0 Å². The van der Waals surface area contributed by atoms with Gasteiger partial charge in [0.1, 0.15) is 5.75 Å². The van der Waals surface area contributed by atoms with Crippen LogP contribution in [0.2, 0.25) is 0 Å². The van der Waals surface area contributed by atoms with Crippen LogP contribution < -0.4 is 5.32 Å². The summed E-state index contributed by atoms with van der Waals surface area (Å²) in [6, 6.07) is 8.71. The minimum atomic E-state index is 0.322. The third-order valence-electron chi connectivity index (χ3n) is 2.09. The lowest BCUT2D eigenvalue weighted by atomic mass is 10.1. The molecule has 0 aliphatic rings. The maximum absolute atomic E-state index is 8.63. The number of nitrogens with one attached hydrogen (secondary N) is 1. The molecule has 0 heterocycles. The molecule has 2 nitrogen and oxygen atoms in total. The summed E-state index contributed by atoms with van der Waals surface area (Å²) in [5.74, 6) is 1.17. The Labute approximate surface area is 93.3 Å². The molecule has 2 heteroatoms. The first kappa shape index (κ1) is 14.0. The zero-order chi connectivity index (χ0) is 11.5. The van der Waals surface area contributed by atoms with Crippen LogP contribution in [0.1, 0.15) is 26.7 Å². The first-order valence-electron chi connectivity index (χ1n) is 5.59. The number of aromatic hydroxyl groups is 1. The van der Waals surface area contributed by atoms with E-state index in [1.165, 1.54) is 12.8 Å². The van der Waals surface area contributed by atoms with E-state index in [0.717, 1.165) is 12.5 Å². The first-order valence-corrected chi connectivity index (χ1v) is 5.59. The second-order valence-corrected chi connectivity index (χ2v) is 3.79. The molecule has 1 aromatic rings. The van der Waals surface area contributed by atoms with Crippen molar-refractivity contribution in [2.75, 3.05) is 13.6 Å². The van der Waals surface area contributed by atoms with Gasteiger partial charge < -0.3 is 10.4 Å².